The Morgan fingerprint density at radius 3 is 2.32 bits per heavy atom. The second-order valence-corrected chi connectivity index (χ2v) is 6.27. The van der Waals surface area contributed by atoms with Gasteiger partial charge < -0.3 is 10.0 Å². The van der Waals surface area contributed by atoms with Gasteiger partial charge in [0.15, 0.2) is 0 Å². The Morgan fingerprint density at radius 1 is 1.26 bits per heavy atom. The van der Waals surface area contributed by atoms with Gasteiger partial charge in [0.25, 0.3) is 0 Å². The van der Waals surface area contributed by atoms with Crippen LogP contribution in [0, 0.1) is 0 Å². The first-order valence-corrected chi connectivity index (χ1v) is 7.40. The molecule has 106 valence electrons. The van der Waals surface area contributed by atoms with Crippen LogP contribution in [0.1, 0.15) is 15.9 Å². The summed E-state index contributed by atoms with van der Waals surface area (Å²) in [5, 5.41) is 8.74. The number of carboxylic acid groups (broad SMARTS) is 1. The average molecular weight is 286 g/mol. The molecule has 0 bridgehead atoms. The summed E-state index contributed by atoms with van der Waals surface area (Å²) in [6.45, 7) is 0.972. The number of aromatic carboxylic acids is 1. The molecule has 0 aliphatic carbocycles. The van der Waals surface area contributed by atoms with E-state index in [1.54, 1.807) is 0 Å². The maximum atomic E-state index is 11.8. The van der Waals surface area contributed by atoms with Crippen LogP contribution in [-0.2, 0) is 15.8 Å². The van der Waals surface area contributed by atoms with Crippen molar-refractivity contribution >= 4 is 16.0 Å². The second-order valence-electron chi connectivity index (χ2n) is 4.46. The lowest BCUT2D eigenvalue weighted by atomic mass is 10.1. The molecule has 0 saturated heterocycles. The first kappa shape index (κ1) is 15.6. The lowest BCUT2D eigenvalue weighted by molar-refractivity contribution is 0.0697. The number of sulfonamides is 1. The first-order valence-electron chi connectivity index (χ1n) is 5.74. The number of hydrogen-bond acceptors (Lipinski definition) is 4. The van der Waals surface area contributed by atoms with Gasteiger partial charge >= 0.3 is 5.97 Å². The Hall–Kier alpha value is -1.44. The Morgan fingerprint density at radius 2 is 1.84 bits per heavy atom. The molecule has 0 radical (unpaired) electrons. The number of carbonyl (C=O) groups is 1. The Balaban J connectivity index is 2.60. The fourth-order valence-electron chi connectivity index (χ4n) is 1.44. The Kier molecular flexibility index (Phi) is 5.46. The lowest BCUT2D eigenvalue weighted by Gasteiger charge is -2.11. The molecule has 1 rings (SSSR count). The van der Waals surface area contributed by atoms with Crippen LogP contribution in [0.4, 0.5) is 0 Å². The zero-order chi connectivity index (χ0) is 14.5. The normalized spacial score (nSPS) is 11.7. The monoisotopic (exact) mass is 286 g/mol. The number of nitrogens with zero attached hydrogens (tertiary/aromatic N) is 1. The highest BCUT2D eigenvalue weighted by Gasteiger charge is 2.11. The highest BCUT2D eigenvalue weighted by atomic mass is 32.2. The van der Waals surface area contributed by atoms with Crippen molar-refractivity contribution in [3.05, 3.63) is 35.4 Å². The molecule has 7 heteroatoms. The van der Waals surface area contributed by atoms with E-state index in [4.69, 9.17) is 5.11 Å². The number of rotatable bonds is 7. The maximum Gasteiger partial charge on any atom is 0.335 e. The number of carboxylic acids is 1. The SMILES string of the molecule is CN(C)CCNS(=O)(=O)Cc1ccc(C(=O)O)cc1. The standard InChI is InChI=1S/C12H18N2O4S/c1-14(2)8-7-13-19(17,18)9-10-3-5-11(6-4-10)12(15)16/h3-6,13H,7-9H2,1-2H3,(H,15,16). The van der Waals surface area contributed by atoms with Crippen molar-refractivity contribution in [1.82, 2.24) is 9.62 Å². The van der Waals surface area contributed by atoms with Crippen LogP contribution < -0.4 is 4.72 Å². The van der Waals surface area contributed by atoms with Crippen molar-refractivity contribution in [1.29, 1.82) is 0 Å². The zero-order valence-corrected chi connectivity index (χ0v) is 11.8. The van der Waals surface area contributed by atoms with Gasteiger partial charge in [-0.25, -0.2) is 17.9 Å². The third-order valence-corrected chi connectivity index (χ3v) is 3.80. The molecule has 0 atom stereocenters. The Labute approximate surface area is 113 Å². The minimum absolute atomic E-state index is 0.140. The van der Waals surface area contributed by atoms with Crippen LogP contribution in [0.5, 0.6) is 0 Å². The molecule has 0 saturated carbocycles. The molecule has 19 heavy (non-hydrogen) atoms. The van der Waals surface area contributed by atoms with Crippen LogP contribution >= 0.6 is 0 Å². The predicted octanol–water partition coefficient (Wildman–Crippen LogP) is 0.366. The molecule has 6 nitrogen and oxygen atoms in total. The van der Waals surface area contributed by atoms with E-state index in [2.05, 4.69) is 4.72 Å². The van der Waals surface area contributed by atoms with E-state index in [1.807, 2.05) is 19.0 Å². The van der Waals surface area contributed by atoms with Crippen LogP contribution in [0.3, 0.4) is 0 Å². The summed E-state index contributed by atoms with van der Waals surface area (Å²) in [4.78, 5) is 12.5. The minimum Gasteiger partial charge on any atom is -0.478 e. The third kappa shape index (κ3) is 5.82. The molecule has 0 heterocycles. The quantitative estimate of drug-likeness (QED) is 0.756. The second kappa shape index (κ2) is 6.65. The van der Waals surface area contributed by atoms with Crippen molar-refractivity contribution < 1.29 is 18.3 Å². The van der Waals surface area contributed by atoms with Crippen LogP contribution in [0.15, 0.2) is 24.3 Å². The maximum absolute atomic E-state index is 11.8. The van der Waals surface area contributed by atoms with Gasteiger partial charge in [-0.2, -0.15) is 0 Å². The summed E-state index contributed by atoms with van der Waals surface area (Å²) in [5.74, 6) is -1.18. The fraction of sp³-hybridized carbons (Fsp3) is 0.417. The van der Waals surface area contributed by atoms with Crippen molar-refractivity contribution in [3.63, 3.8) is 0 Å². The van der Waals surface area contributed by atoms with Crippen LogP contribution in [-0.4, -0.2) is 51.6 Å². The van der Waals surface area contributed by atoms with Gasteiger partial charge in [0, 0.05) is 13.1 Å². The molecule has 0 spiro atoms. The van der Waals surface area contributed by atoms with Gasteiger partial charge in [-0.3, -0.25) is 0 Å². The summed E-state index contributed by atoms with van der Waals surface area (Å²) in [6.07, 6.45) is 0. The van der Waals surface area contributed by atoms with Gasteiger partial charge in [-0.1, -0.05) is 12.1 Å². The molecule has 1 aromatic carbocycles. The fourth-order valence-corrected chi connectivity index (χ4v) is 2.57. The minimum atomic E-state index is -3.39. The zero-order valence-electron chi connectivity index (χ0n) is 11.0. The predicted molar refractivity (Wildman–Crippen MR) is 72.6 cm³/mol. The smallest absolute Gasteiger partial charge is 0.335 e. The van der Waals surface area contributed by atoms with E-state index < -0.39 is 16.0 Å². The summed E-state index contributed by atoms with van der Waals surface area (Å²) in [6, 6.07) is 5.81. The molecule has 0 aromatic heterocycles. The van der Waals surface area contributed by atoms with Gasteiger partial charge in [-0.05, 0) is 31.8 Å². The third-order valence-electron chi connectivity index (χ3n) is 2.44. The number of benzene rings is 1. The molecule has 0 aliphatic heterocycles. The summed E-state index contributed by atoms with van der Waals surface area (Å²) in [7, 11) is 0.333. The highest BCUT2D eigenvalue weighted by molar-refractivity contribution is 7.88. The molecule has 0 fully saturated rings. The van der Waals surface area contributed by atoms with Gasteiger partial charge in [0.1, 0.15) is 0 Å². The topological polar surface area (TPSA) is 86.7 Å². The average Bonchev–Trinajstić information content (AvgIpc) is 2.28. The molecule has 0 aliphatic rings. The summed E-state index contributed by atoms with van der Waals surface area (Å²) < 4.78 is 26.0. The number of nitrogens with one attached hydrogen (secondary N) is 1. The first-order chi connectivity index (χ1) is 8.80. The van der Waals surface area contributed by atoms with Gasteiger partial charge in [0.05, 0.1) is 11.3 Å². The van der Waals surface area contributed by atoms with E-state index in [0.717, 1.165) is 0 Å². The molecule has 2 N–H and O–H groups in total. The van der Waals surface area contributed by atoms with Crippen molar-refractivity contribution in [2.24, 2.45) is 0 Å². The molecule has 1 aromatic rings. The summed E-state index contributed by atoms with van der Waals surface area (Å²) in [5.41, 5.74) is 0.698. The Bertz CT molecular complexity index is 523. The molecule has 0 amide bonds. The largest absolute Gasteiger partial charge is 0.478 e. The summed E-state index contributed by atoms with van der Waals surface area (Å²) >= 11 is 0. The van der Waals surface area contributed by atoms with E-state index in [1.165, 1.54) is 24.3 Å². The van der Waals surface area contributed by atoms with Gasteiger partial charge in [0.2, 0.25) is 10.0 Å². The van der Waals surface area contributed by atoms with Crippen molar-refractivity contribution in [2.75, 3.05) is 27.2 Å². The highest BCUT2D eigenvalue weighted by Crippen LogP contribution is 2.07. The molecular weight excluding hydrogens is 268 g/mol. The van der Waals surface area contributed by atoms with Crippen LogP contribution in [0.25, 0.3) is 0 Å². The van der Waals surface area contributed by atoms with E-state index in [9.17, 15) is 13.2 Å². The van der Waals surface area contributed by atoms with Crippen molar-refractivity contribution in [3.8, 4) is 0 Å². The van der Waals surface area contributed by atoms with Gasteiger partial charge in [-0.15, -0.1) is 0 Å². The van der Waals surface area contributed by atoms with E-state index >= 15 is 0 Å². The van der Waals surface area contributed by atoms with E-state index in [-0.39, 0.29) is 11.3 Å². The molecular formula is C12H18N2O4S. The van der Waals surface area contributed by atoms with E-state index in [0.29, 0.717) is 18.7 Å². The van der Waals surface area contributed by atoms with Crippen molar-refractivity contribution in [2.45, 2.75) is 5.75 Å². The number of hydrogen-bond donors (Lipinski definition) is 2. The lowest BCUT2D eigenvalue weighted by Crippen LogP contribution is -2.32. The van der Waals surface area contributed by atoms with Crippen LogP contribution in [0.2, 0.25) is 0 Å². The molecule has 0 unspecified atom stereocenters. The number of likely N-dealkylation sites (N-methyl/N-ethyl adjacent to an activating group) is 1.